The second-order valence-electron chi connectivity index (χ2n) is 11.8. The Hall–Kier alpha value is 0.310. The van der Waals surface area contributed by atoms with Crippen LogP contribution in [0.2, 0.25) is 0 Å². The zero-order chi connectivity index (χ0) is 27.8. The van der Waals surface area contributed by atoms with Crippen LogP contribution in [0.3, 0.4) is 0 Å². The maximum absolute atomic E-state index is 6.69. The summed E-state index contributed by atoms with van der Waals surface area (Å²) in [5.74, 6) is 0. The van der Waals surface area contributed by atoms with E-state index in [1.807, 2.05) is 0 Å². The van der Waals surface area contributed by atoms with Gasteiger partial charge in [0.15, 0.2) is 0 Å². The van der Waals surface area contributed by atoms with Crippen molar-refractivity contribution in [3.05, 3.63) is 0 Å². The first-order chi connectivity index (χ1) is 18.7. The Morgan fingerprint density at radius 2 is 0.526 bits per heavy atom. The molecule has 0 spiro atoms. The SMILES string of the molecule is CCCCCCCCCCO[PH](CCCCCCCC)(OCCCCCCCC)OCCCCCCCC. The number of hydrogen-bond donors (Lipinski definition) is 0. The van der Waals surface area contributed by atoms with Gasteiger partial charge in [-0.2, -0.15) is 0 Å². The summed E-state index contributed by atoms with van der Waals surface area (Å²) in [5.41, 5.74) is 0. The van der Waals surface area contributed by atoms with Crippen LogP contribution in [0.25, 0.3) is 0 Å². The van der Waals surface area contributed by atoms with Gasteiger partial charge in [0, 0.05) is 0 Å². The van der Waals surface area contributed by atoms with Gasteiger partial charge in [0.1, 0.15) is 0 Å². The molecule has 0 aliphatic heterocycles. The van der Waals surface area contributed by atoms with Crippen molar-refractivity contribution in [3.8, 4) is 0 Å². The molecule has 3 nitrogen and oxygen atoms in total. The summed E-state index contributed by atoms with van der Waals surface area (Å²) in [6, 6.07) is 0. The van der Waals surface area contributed by atoms with E-state index < -0.39 is 7.94 Å². The van der Waals surface area contributed by atoms with Crippen molar-refractivity contribution in [1.82, 2.24) is 0 Å². The van der Waals surface area contributed by atoms with Crippen LogP contribution >= 0.6 is 7.94 Å². The molecule has 0 saturated carbocycles. The molecule has 0 radical (unpaired) electrons. The van der Waals surface area contributed by atoms with Crippen molar-refractivity contribution in [2.45, 2.75) is 195 Å². The average Bonchev–Trinajstić information content (AvgIpc) is 2.93. The van der Waals surface area contributed by atoms with Crippen molar-refractivity contribution >= 4 is 7.94 Å². The Labute approximate surface area is 241 Å². The fraction of sp³-hybridized carbons (Fsp3) is 1.00. The first kappa shape index (κ1) is 38.3. The molecule has 0 atom stereocenters. The topological polar surface area (TPSA) is 27.7 Å². The van der Waals surface area contributed by atoms with Crippen LogP contribution in [-0.2, 0) is 13.6 Å². The maximum atomic E-state index is 6.69. The molecule has 0 aliphatic rings. The van der Waals surface area contributed by atoms with Crippen LogP contribution in [0.5, 0.6) is 0 Å². The second kappa shape index (κ2) is 31.8. The van der Waals surface area contributed by atoms with Gasteiger partial charge in [-0.25, -0.2) is 0 Å². The molecule has 38 heavy (non-hydrogen) atoms. The summed E-state index contributed by atoms with van der Waals surface area (Å²) in [7, 11) is -2.60. The van der Waals surface area contributed by atoms with Crippen LogP contribution < -0.4 is 0 Å². The van der Waals surface area contributed by atoms with Crippen LogP contribution in [0.4, 0.5) is 0 Å². The first-order valence-corrected chi connectivity index (χ1v) is 19.6. The Balaban J connectivity index is 4.75. The Bertz CT molecular complexity index is 414. The van der Waals surface area contributed by atoms with Gasteiger partial charge in [-0.1, -0.05) is 0 Å². The predicted molar refractivity (Wildman–Crippen MR) is 174 cm³/mol. The summed E-state index contributed by atoms with van der Waals surface area (Å²) in [6.45, 7) is 11.6. The Kier molecular flexibility index (Phi) is 32.1. The monoisotopic (exact) mass is 561 g/mol. The third kappa shape index (κ3) is 26.5. The van der Waals surface area contributed by atoms with E-state index in [0.29, 0.717) is 0 Å². The molecule has 0 bridgehead atoms. The molecule has 0 unspecified atom stereocenters. The van der Waals surface area contributed by atoms with Crippen LogP contribution in [0.1, 0.15) is 195 Å². The van der Waals surface area contributed by atoms with E-state index in [2.05, 4.69) is 27.7 Å². The van der Waals surface area contributed by atoms with E-state index >= 15 is 0 Å². The summed E-state index contributed by atoms with van der Waals surface area (Å²) >= 11 is 0. The average molecular weight is 561 g/mol. The Morgan fingerprint density at radius 1 is 0.289 bits per heavy atom. The van der Waals surface area contributed by atoms with Crippen molar-refractivity contribution in [2.24, 2.45) is 0 Å². The summed E-state index contributed by atoms with van der Waals surface area (Å²) in [4.78, 5) is 0. The summed E-state index contributed by atoms with van der Waals surface area (Å²) in [6.07, 6.45) is 35.1. The van der Waals surface area contributed by atoms with Crippen LogP contribution in [-0.4, -0.2) is 26.0 Å². The first-order valence-electron chi connectivity index (χ1n) is 17.7. The molecular formula is C34H73O3P. The van der Waals surface area contributed by atoms with Crippen molar-refractivity contribution in [3.63, 3.8) is 0 Å². The third-order valence-corrected chi connectivity index (χ3v) is 10.7. The van der Waals surface area contributed by atoms with Gasteiger partial charge in [0.2, 0.25) is 0 Å². The van der Waals surface area contributed by atoms with Gasteiger partial charge >= 0.3 is 242 Å². The minimum atomic E-state index is -2.60. The van der Waals surface area contributed by atoms with Gasteiger partial charge in [-0.15, -0.1) is 0 Å². The zero-order valence-corrected chi connectivity index (χ0v) is 27.9. The molecule has 0 fully saturated rings. The van der Waals surface area contributed by atoms with E-state index in [9.17, 15) is 0 Å². The normalized spacial score (nSPS) is 12.4. The molecule has 0 aromatic heterocycles. The van der Waals surface area contributed by atoms with Crippen LogP contribution in [0.15, 0.2) is 0 Å². The van der Waals surface area contributed by atoms with E-state index in [1.54, 1.807) is 0 Å². The fourth-order valence-electron chi connectivity index (χ4n) is 5.15. The molecule has 0 aromatic rings. The van der Waals surface area contributed by atoms with E-state index in [-0.39, 0.29) is 0 Å². The van der Waals surface area contributed by atoms with Gasteiger partial charge in [0.05, 0.1) is 0 Å². The van der Waals surface area contributed by atoms with E-state index in [0.717, 1.165) is 45.2 Å². The summed E-state index contributed by atoms with van der Waals surface area (Å²) < 4.78 is 20.0. The fourth-order valence-corrected chi connectivity index (χ4v) is 7.88. The molecular weight excluding hydrogens is 487 g/mol. The molecule has 0 saturated heterocycles. The predicted octanol–water partition coefficient (Wildman–Crippen LogP) is 12.8. The van der Waals surface area contributed by atoms with Crippen molar-refractivity contribution in [1.29, 1.82) is 0 Å². The Morgan fingerprint density at radius 3 is 0.816 bits per heavy atom. The number of unbranched alkanes of at least 4 members (excludes halogenated alkanes) is 22. The molecule has 0 heterocycles. The van der Waals surface area contributed by atoms with Gasteiger partial charge in [0.25, 0.3) is 0 Å². The quantitative estimate of drug-likeness (QED) is 0.0590. The number of hydrogen-bond acceptors (Lipinski definition) is 3. The van der Waals surface area contributed by atoms with E-state index in [1.165, 1.54) is 148 Å². The molecule has 0 N–H and O–H groups in total. The molecule has 0 rings (SSSR count). The van der Waals surface area contributed by atoms with Crippen LogP contribution in [0, 0.1) is 0 Å². The van der Waals surface area contributed by atoms with Crippen molar-refractivity contribution in [2.75, 3.05) is 26.0 Å². The zero-order valence-electron chi connectivity index (χ0n) is 26.9. The molecule has 0 amide bonds. The standard InChI is InChI=1S/C34H73O3P/c1-5-9-13-17-21-22-25-29-33-37-38(34-30-26-20-16-12-8-4,35-31-27-23-18-14-10-6-2)36-32-28-24-19-15-11-7-3/h38H,5-34H2,1-4H3. The van der Waals surface area contributed by atoms with Gasteiger partial charge < -0.3 is 0 Å². The second-order valence-corrected chi connectivity index (χ2v) is 14.5. The molecule has 0 aromatic carbocycles. The molecule has 0 aliphatic carbocycles. The molecule has 4 heteroatoms. The van der Waals surface area contributed by atoms with Crippen molar-refractivity contribution < 1.29 is 13.6 Å². The summed E-state index contributed by atoms with van der Waals surface area (Å²) in [5, 5.41) is 0. The number of rotatable bonds is 33. The molecule has 232 valence electrons. The van der Waals surface area contributed by atoms with Gasteiger partial charge in [-0.3, -0.25) is 0 Å². The van der Waals surface area contributed by atoms with E-state index in [4.69, 9.17) is 13.6 Å². The van der Waals surface area contributed by atoms with Gasteiger partial charge in [-0.05, 0) is 0 Å². The minimum absolute atomic E-state index is 0.822. The third-order valence-electron chi connectivity index (χ3n) is 7.80.